The van der Waals surface area contributed by atoms with Crippen molar-refractivity contribution in [1.29, 1.82) is 0 Å². The molecule has 0 saturated heterocycles. The fraction of sp³-hybridized carbons (Fsp3) is 0.357. The molecule has 1 unspecified atom stereocenters. The van der Waals surface area contributed by atoms with Crippen LogP contribution in [0.2, 0.25) is 0 Å². The standard InChI is InChI=1S/C14H17N3O/c15-13(10-1-2-10)8-17-14-12-7-11(18)4-3-9(12)5-6-16-14/h3-7,10,13,18H,1-2,8,15H2,(H,16,17). The molecule has 0 bridgehead atoms. The summed E-state index contributed by atoms with van der Waals surface area (Å²) >= 11 is 0. The number of phenols is 1. The van der Waals surface area contributed by atoms with Crippen molar-refractivity contribution in [3.05, 3.63) is 30.5 Å². The zero-order chi connectivity index (χ0) is 12.5. The van der Waals surface area contributed by atoms with Crippen LogP contribution in [0.4, 0.5) is 5.82 Å². The maximum absolute atomic E-state index is 9.55. The van der Waals surface area contributed by atoms with Gasteiger partial charge in [-0.2, -0.15) is 0 Å². The molecule has 1 aromatic carbocycles. The van der Waals surface area contributed by atoms with E-state index in [4.69, 9.17) is 5.73 Å². The summed E-state index contributed by atoms with van der Waals surface area (Å²) in [7, 11) is 0. The number of nitrogens with zero attached hydrogens (tertiary/aromatic N) is 1. The number of phenolic OH excluding ortho intramolecular Hbond substituents is 1. The molecule has 2 aromatic rings. The molecule has 1 aromatic heterocycles. The normalized spacial score (nSPS) is 16.7. The predicted octanol–water partition coefficient (Wildman–Crippen LogP) is 2.09. The van der Waals surface area contributed by atoms with Crippen LogP contribution < -0.4 is 11.1 Å². The van der Waals surface area contributed by atoms with Crippen LogP contribution in [-0.2, 0) is 0 Å². The lowest BCUT2D eigenvalue weighted by Gasteiger charge is -2.13. The third-order valence-corrected chi connectivity index (χ3v) is 3.48. The van der Waals surface area contributed by atoms with Crippen molar-refractivity contribution in [2.45, 2.75) is 18.9 Å². The molecule has 1 aliphatic carbocycles. The van der Waals surface area contributed by atoms with Gasteiger partial charge in [-0.25, -0.2) is 4.98 Å². The van der Waals surface area contributed by atoms with Crippen LogP contribution in [0.3, 0.4) is 0 Å². The Labute approximate surface area is 106 Å². The van der Waals surface area contributed by atoms with E-state index in [1.54, 1.807) is 18.3 Å². The van der Waals surface area contributed by atoms with Crippen LogP contribution in [0.25, 0.3) is 10.8 Å². The highest BCUT2D eigenvalue weighted by Gasteiger charge is 2.28. The first-order chi connectivity index (χ1) is 8.74. The predicted molar refractivity (Wildman–Crippen MR) is 72.6 cm³/mol. The lowest BCUT2D eigenvalue weighted by Crippen LogP contribution is -2.31. The highest BCUT2D eigenvalue weighted by molar-refractivity contribution is 5.92. The summed E-state index contributed by atoms with van der Waals surface area (Å²) in [5, 5.41) is 14.8. The lowest BCUT2D eigenvalue weighted by molar-refractivity contribution is 0.476. The number of anilines is 1. The number of aromatic hydroxyl groups is 1. The summed E-state index contributed by atoms with van der Waals surface area (Å²) in [6.07, 6.45) is 4.25. The maximum atomic E-state index is 9.55. The number of benzene rings is 1. The third-order valence-electron chi connectivity index (χ3n) is 3.48. The van der Waals surface area contributed by atoms with Gasteiger partial charge in [0.15, 0.2) is 0 Å². The molecule has 3 rings (SSSR count). The van der Waals surface area contributed by atoms with Gasteiger partial charge < -0.3 is 16.2 Å². The molecule has 1 heterocycles. The van der Waals surface area contributed by atoms with Crippen molar-refractivity contribution in [3.63, 3.8) is 0 Å². The van der Waals surface area contributed by atoms with Crippen LogP contribution in [-0.4, -0.2) is 22.7 Å². The average molecular weight is 243 g/mol. The van der Waals surface area contributed by atoms with Gasteiger partial charge >= 0.3 is 0 Å². The first-order valence-electron chi connectivity index (χ1n) is 6.31. The van der Waals surface area contributed by atoms with Gasteiger partial charge in [-0.15, -0.1) is 0 Å². The molecule has 0 amide bonds. The maximum Gasteiger partial charge on any atom is 0.134 e. The van der Waals surface area contributed by atoms with Crippen LogP contribution in [0.1, 0.15) is 12.8 Å². The van der Waals surface area contributed by atoms with Crippen molar-refractivity contribution in [3.8, 4) is 5.75 Å². The summed E-state index contributed by atoms with van der Waals surface area (Å²) < 4.78 is 0. The van der Waals surface area contributed by atoms with E-state index < -0.39 is 0 Å². The molecule has 94 valence electrons. The Hall–Kier alpha value is -1.81. The Morgan fingerprint density at radius 2 is 2.22 bits per heavy atom. The van der Waals surface area contributed by atoms with Gasteiger partial charge in [-0.05, 0) is 42.3 Å². The van der Waals surface area contributed by atoms with Gasteiger partial charge in [-0.3, -0.25) is 0 Å². The second kappa shape index (κ2) is 4.46. The Balaban J connectivity index is 1.83. The number of hydrogen-bond acceptors (Lipinski definition) is 4. The first-order valence-corrected chi connectivity index (χ1v) is 6.31. The number of nitrogens with one attached hydrogen (secondary N) is 1. The van der Waals surface area contributed by atoms with E-state index >= 15 is 0 Å². The third kappa shape index (κ3) is 2.24. The summed E-state index contributed by atoms with van der Waals surface area (Å²) in [5.41, 5.74) is 6.06. The quantitative estimate of drug-likeness (QED) is 0.769. The number of pyridine rings is 1. The Kier molecular flexibility index (Phi) is 2.80. The first kappa shape index (κ1) is 11.3. The highest BCUT2D eigenvalue weighted by Crippen LogP contribution is 2.32. The molecule has 1 atom stereocenters. The van der Waals surface area contributed by atoms with E-state index in [0.717, 1.165) is 23.1 Å². The van der Waals surface area contributed by atoms with Gasteiger partial charge in [0.25, 0.3) is 0 Å². The molecule has 1 fully saturated rings. The molecule has 1 aliphatic rings. The van der Waals surface area contributed by atoms with E-state index in [2.05, 4.69) is 10.3 Å². The summed E-state index contributed by atoms with van der Waals surface area (Å²) in [6, 6.07) is 7.42. The summed E-state index contributed by atoms with van der Waals surface area (Å²) in [6.45, 7) is 0.729. The van der Waals surface area contributed by atoms with Crippen LogP contribution in [0.5, 0.6) is 5.75 Å². The lowest BCUT2D eigenvalue weighted by atomic mass is 10.1. The molecule has 0 radical (unpaired) electrons. The number of fused-ring (bicyclic) bond motifs is 1. The van der Waals surface area contributed by atoms with E-state index in [0.29, 0.717) is 5.92 Å². The monoisotopic (exact) mass is 243 g/mol. The van der Waals surface area contributed by atoms with Crippen molar-refractivity contribution < 1.29 is 5.11 Å². The molecular weight excluding hydrogens is 226 g/mol. The molecule has 4 N–H and O–H groups in total. The molecule has 1 saturated carbocycles. The summed E-state index contributed by atoms with van der Waals surface area (Å²) in [4.78, 5) is 4.32. The van der Waals surface area contributed by atoms with Gasteiger partial charge in [0.05, 0.1) is 0 Å². The van der Waals surface area contributed by atoms with Crippen LogP contribution in [0, 0.1) is 5.92 Å². The molecule has 18 heavy (non-hydrogen) atoms. The smallest absolute Gasteiger partial charge is 0.134 e. The molecule has 4 nitrogen and oxygen atoms in total. The second-order valence-corrected chi connectivity index (χ2v) is 4.95. The minimum absolute atomic E-state index is 0.194. The van der Waals surface area contributed by atoms with E-state index in [-0.39, 0.29) is 11.8 Å². The average Bonchev–Trinajstić information content (AvgIpc) is 3.20. The van der Waals surface area contributed by atoms with E-state index in [1.165, 1.54) is 12.8 Å². The van der Waals surface area contributed by atoms with Gasteiger partial charge in [0.1, 0.15) is 11.6 Å². The Morgan fingerprint density at radius 1 is 1.39 bits per heavy atom. The Bertz CT molecular complexity index is 566. The van der Waals surface area contributed by atoms with Crippen molar-refractivity contribution in [1.82, 2.24) is 4.98 Å². The van der Waals surface area contributed by atoms with E-state index in [9.17, 15) is 5.11 Å². The molecule has 0 aliphatic heterocycles. The number of aromatic nitrogens is 1. The number of rotatable bonds is 4. The number of nitrogens with two attached hydrogens (primary N) is 1. The highest BCUT2D eigenvalue weighted by atomic mass is 16.3. The van der Waals surface area contributed by atoms with Crippen molar-refractivity contribution in [2.24, 2.45) is 11.7 Å². The van der Waals surface area contributed by atoms with E-state index in [1.807, 2.05) is 12.1 Å². The van der Waals surface area contributed by atoms with Crippen molar-refractivity contribution >= 4 is 16.6 Å². The second-order valence-electron chi connectivity index (χ2n) is 4.95. The Morgan fingerprint density at radius 3 is 3.00 bits per heavy atom. The number of hydrogen-bond donors (Lipinski definition) is 3. The van der Waals surface area contributed by atoms with Gasteiger partial charge in [0.2, 0.25) is 0 Å². The molecular formula is C14H17N3O. The minimum atomic E-state index is 0.194. The fourth-order valence-corrected chi connectivity index (χ4v) is 2.20. The fourth-order valence-electron chi connectivity index (χ4n) is 2.20. The van der Waals surface area contributed by atoms with Crippen molar-refractivity contribution in [2.75, 3.05) is 11.9 Å². The van der Waals surface area contributed by atoms with Gasteiger partial charge in [-0.1, -0.05) is 6.07 Å². The zero-order valence-corrected chi connectivity index (χ0v) is 10.1. The molecule has 4 heteroatoms. The van der Waals surface area contributed by atoms with Crippen LogP contribution >= 0.6 is 0 Å². The molecule has 0 spiro atoms. The minimum Gasteiger partial charge on any atom is -0.508 e. The summed E-state index contributed by atoms with van der Waals surface area (Å²) in [5.74, 6) is 1.71. The SMILES string of the molecule is NC(CNc1nccc2ccc(O)cc12)C1CC1. The largest absolute Gasteiger partial charge is 0.508 e. The zero-order valence-electron chi connectivity index (χ0n) is 10.1. The van der Waals surface area contributed by atoms with Crippen LogP contribution in [0.15, 0.2) is 30.5 Å². The topological polar surface area (TPSA) is 71.2 Å². The van der Waals surface area contributed by atoms with Gasteiger partial charge in [0, 0.05) is 24.2 Å².